The number of halogens is 1. The van der Waals surface area contributed by atoms with E-state index in [1.165, 1.54) is 11.8 Å². The van der Waals surface area contributed by atoms with E-state index in [0.29, 0.717) is 32.3 Å². The van der Waals surface area contributed by atoms with Crippen molar-refractivity contribution in [1.29, 1.82) is 0 Å². The third kappa shape index (κ3) is 4.38. The van der Waals surface area contributed by atoms with Crippen molar-refractivity contribution in [2.24, 2.45) is 0 Å². The zero-order valence-corrected chi connectivity index (χ0v) is 17.0. The number of amides is 1. The van der Waals surface area contributed by atoms with Gasteiger partial charge in [0.1, 0.15) is 15.8 Å². The van der Waals surface area contributed by atoms with Crippen molar-refractivity contribution in [3.8, 4) is 11.3 Å². The third-order valence-electron chi connectivity index (χ3n) is 3.90. The summed E-state index contributed by atoms with van der Waals surface area (Å²) in [6.07, 6.45) is 2.62. The lowest BCUT2D eigenvalue weighted by Crippen LogP contribution is -2.30. The second-order valence-electron chi connectivity index (χ2n) is 6.17. The van der Waals surface area contributed by atoms with Crippen molar-refractivity contribution in [3.05, 3.63) is 52.1 Å². The fourth-order valence-corrected chi connectivity index (χ4v) is 4.12. The molecule has 0 spiro atoms. The van der Waals surface area contributed by atoms with Crippen molar-refractivity contribution in [2.45, 2.75) is 6.42 Å². The summed E-state index contributed by atoms with van der Waals surface area (Å²) < 4.78 is 6.44. The van der Waals surface area contributed by atoms with Crippen LogP contribution in [0.1, 0.15) is 12.2 Å². The van der Waals surface area contributed by atoms with E-state index in [0.717, 1.165) is 18.5 Å². The van der Waals surface area contributed by atoms with E-state index in [4.69, 9.17) is 28.2 Å². The molecule has 2 heterocycles. The number of benzene rings is 1. The lowest BCUT2D eigenvalue weighted by Gasteiger charge is -2.16. The fraction of sp³-hybridized carbons (Fsp3) is 0.263. The van der Waals surface area contributed by atoms with Crippen LogP contribution in [0.5, 0.6) is 0 Å². The standard InChI is InChI=1S/C19H19ClN2O2S2/c1-21(2)10-5-11-22-18(23)17(26-19(22)25)12-13-8-9-16(24-13)14-6-3-4-7-15(14)20/h3-4,6-9,12H,5,10-11H2,1-2H3/b17-12+. The molecule has 1 amide bonds. The summed E-state index contributed by atoms with van der Waals surface area (Å²) in [6.45, 7) is 1.54. The first-order valence-electron chi connectivity index (χ1n) is 8.20. The highest BCUT2D eigenvalue weighted by Gasteiger charge is 2.31. The molecule has 0 bridgehead atoms. The zero-order chi connectivity index (χ0) is 18.7. The van der Waals surface area contributed by atoms with Crippen LogP contribution < -0.4 is 0 Å². The highest BCUT2D eigenvalue weighted by atomic mass is 35.5. The first-order valence-corrected chi connectivity index (χ1v) is 9.81. The molecule has 1 aromatic heterocycles. The Morgan fingerprint density at radius 3 is 2.77 bits per heavy atom. The lowest BCUT2D eigenvalue weighted by molar-refractivity contribution is -0.122. The number of rotatable bonds is 6. The van der Waals surface area contributed by atoms with Gasteiger partial charge < -0.3 is 9.32 Å². The van der Waals surface area contributed by atoms with Gasteiger partial charge in [-0.15, -0.1) is 0 Å². The van der Waals surface area contributed by atoms with Crippen molar-refractivity contribution >= 4 is 51.9 Å². The van der Waals surface area contributed by atoms with Crippen LogP contribution in [-0.2, 0) is 4.79 Å². The molecule has 7 heteroatoms. The monoisotopic (exact) mass is 406 g/mol. The maximum atomic E-state index is 12.6. The molecular weight excluding hydrogens is 388 g/mol. The molecule has 0 radical (unpaired) electrons. The number of nitrogens with zero attached hydrogens (tertiary/aromatic N) is 2. The highest BCUT2D eigenvalue weighted by Crippen LogP contribution is 2.34. The van der Waals surface area contributed by atoms with Crippen LogP contribution in [0.25, 0.3) is 17.4 Å². The molecule has 0 atom stereocenters. The molecule has 0 saturated carbocycles. The highest BCUT2D eigenvalue weighted by molar-refractivity contribution is 8.26. The van der Waals surface area contributed by atoms with E-state index < -0.39 is 0 Å². The smallest absolute Gasteiger partial charge is 0.266 e. The summed E-state index contributed by atoms with van der Waals surface area (Å²) in [5, 5.41) is 0.626. The van der Waals surface area contributed by atoms with Gasteiger partial charge in [0.15, 0.2) is 0 Å². The van der Waals surface area contributed by atoms with Crippen LogP contribution in [0.4, 0.5) is 0 Å². The number of hydrogen-bond donors (Lipinski definition) is 0. The van der Waals surface area contributed by atoms with Crippen molar-refractivity contribution in [1.82, 2.24) is 9.80 Å². The second-order valence-corrected chi connectivity index (χ2v) is 8.26. The van der Waals surface area contributed by atoms with Crippen molar-refractivity contribution < 1.29 is 9.21 Å². The van der Waals surface area contributed by atoms with Crippen LogP contribution in [0.3, 0.4) is 0 Å². The van der Waals surface area contributed by atoms with Gasteiger partial charge in [-0.3, -0.25) is 9.69 Å². The molecule has 1 fully saturated rings. The molecule has 1 aliphatic heterocycles. The van der Waals surface area contributed by atoms with Crippen LogP contribution in [0.2, 0.25) is 5.02 Å². The van der Waals surface area contributed by atoms with Gasteiger partial charge in [-0.1, -0.05) is 47.7 Å². The molecule has 2 aromatic rings. The SMILES string of the molecule is CN(C)CCCN1C(=O)/C(=C\c2ccc(-c3ccccc3Cl)o2)SC1=S. The molecule has 0 aliphatic carbocycles. The topological polar surface area (TPSA) is 36.7 Å². The fourth-order valence-electron chi connectivity index (χ4n) is 2.60. The predicted molar refractivity (Wildman–Crippen MR) is 112 cm³/mol. The number of thioether (sulfide) groups is 1. The van der Waals surface area contributed by atoms with E-state index in [1.807, 2.05) is 50.5 Å². The number of furan rings is 1. The summed E-state index contributed by atoms with van der Waals surface area (Å²) in [5.41, 5.74) is 0.824. The number of hydrogen-bond acceptors (Lipinski definition) is 5. The first kappa shape index (κ1) is 19.2. The molecule has 1 saturated heterocycles. The van der Waals surface area contributed by atoms with E-state index in [-0.39, 0.29) is 5.91 Å². The average molecular weight is 407 g/mol. The van der Waals surface area contributed by atoms with Crippen LogP contribution >= 0.6 is 35.6 Å². The van der Waals surface area contributed by atoms with Crippen molar-refractivity contribution in [3.63, 3.8) is 0 Å². The van der Waals surface area contributed by atoms with Gasteiger partial charge in [-0.25, -0.2) is 0 Å². The Kier molecular flexibility index (Phi) is 6.19. The van der Waals surface area contributed by atoms with Gasteiger partial charge in [0.2, 0.25) is 0 Å². The maximum Gasteiger partial charge on any atom is 0.266 e. The van der Waals surface area contributed by atoms with Gasteiger partial charge in [-0.2, -0.15) is 0 Å². The normalized spacial score (nSPS) is 16.3. The van der Waals surface area contributed by atoms with E-state index in [9.17, 15) is 4.79 Å². The Labute approximate surface area is 167 Å². The number of carbonyl (C=O) groups excluding carboxylic acids is 1. The summed E-state index contributed by atoms with van der Waals surface area (Å²) in [7, 11) is 4.02. The van der Waals surface area contributed by atoms with Gasteiger partial charge >= 0.3 is 0 Å². The first-order chi connectivity index (χ1) is 12.5. The van der Waals surface area contributed by atoms with Crippen LogP contribution in [0, 0.1) is 0 Å². The van der Waals surface area contributed by atoms with Gasteiger partial charge in [0, 0.05) is 18.2 Å². The van der Waals surface area contributed by atoms with E-state index >= 15 is 0 Å². The molecule has 26 heavy (non-hydrogen) atoms. The minimum atomic E-state index is -0.0607. The third-order valence-corrected chi connectivity index (χ3v) is 5.61. The van der Waals surface area contributed by atoms with Gasteiger partial charge in [-0.05, 0) is 51.3 Å². The quantitative estimate of drug-likeness (QED) is 0.511. The molecule has 1 aromatic carbocycles. The van der Waals surface area contributed by atoms with Crippen LogP contribution in [0.15, 0.2) is 45.7 Å². The Balaban J connectivity index is 1.74. The Morgan fingerprint density at radius 2 is 2.04 bits per heavy atom. The largest absolute Gasteiger partial charge is 0.457 e. The summed E-state index contributed by atoms with van der Waals surface area (Å²) in [6, 6.07) is 11.2. The summed E-state index contributed by atoms with van der Waals surface area (Å²) in [4.78, 5) is 16.9. The zero-order valence-electron chi connectivity index (χ0n) is 14.6. The summed E-state index contributed by atoms with van der Waals surface area (Å²) >= 11 is 12.9. The Hall–Kier alpha value is -1.60. The number of thiocarbonyl (C=S) groups is 1. The van der Waals surface area contributed by atoms with Gasteiger partial charge in [0.05, 0.1) is 9.93 Å². The van der Waals surface area contributed by atoms with Gasteiger partial charge in [0.25, 0.3) is 5.91 Å². The molecule has 1 aliphatic rings. The molecular formula is C19H19ClN2O2S2. The molecule has 136 valence electrons. The number of carbonyl (C=O) groups is 1. The molecule has 4 nitrogen and oxygen atoms in total. The molecule has 0 unspecified atom stereocenters. The minimum absolute atomic E-state index is 0.0607. The second kappa shape index (κ2) is 8.39. The molecule has 0 N–H and O–H groups in total. The van der Waals surface area contributed by atoms with E-state index in [1.54, 1.807) is 11.0 Å². The van der Waals surface area contributed by atoms with Crippen LogP contribution in [-0.4, -0.2) is 47.2 Å². The maximum absolute atomic E-state index is 12.6. The summed E-state index contributed by atoms with van der Waals surface area (Å²) in [5.74, 6) is 1.21. The Bertz CT molecular complexity index is 861. The van der Waals surface area contributed by atoms with Crippen molar-refractivity contribution in [2.75, 3.05) is 27.2 Å². The minimum Gasteiger partial charge on any atom is -0.457 e. The lowest BCUT2D eigenvalue weighted by atomic mass is 10.2. The average Bonchev–Trinajstić information content (AvgIpc) is 3.15. The molecule has 3 rings (SSSR count). The Morgan fingerprint density at radius 1 is 1.27 bits per heavy atom. The van der Waals surface area contributed by atoms with E-state index in [2.05, 4.69) is 4.90 Å². The predicted octanol–water partition coefficient (Wildman–Crippen LogP) is 4.75.